The van der Waals surface area contributed by atoms with Gasteiger partial charge in [-0.25, -0.2) is 0 Å². The lowest BCUT2D eigenvalue weighted by Crippen LogP contribution is -2.45. The van der Waals surface area contributed by atoms with Crippen molar-refractivity contribution in [3.8, 4) is 0 Å². The Morgan fingerprint density at radius 3 is 3.00 bits per heavy atom. The zero-order chi connectivity index (χ0) is 15.8. The van der Waals surface area contributed by atoms with Gasteiger partial charge in [0.1, 0.15) is 11.9 Å². The SMILES string of the molecule is Cc1cc(CN2CC[C@H]3C[C@H](C(=O)NC4CCC4)O[C@@H]3C2)no1. The largest absolute Gasteiger partial charge is 0.364 e. The summed E-state index contributed by atoms with van der Waals surface area (Å²) in [6.45, 7) is 4.62. The van der Waals surface area contributed by atoms with Gasteiger partial charge in [-0.2, -0.15) is 0 Å². The van der Waals surface area contributed by atoms with Crippen LogP contribution in [0.1, 0.15) is 43.6 Å². The molecule has 1 amide bonds. The van der Waals surface area contributed by atoms with Crippen LogP contribution >= 0.6 is 0 Å². The molecule has 0 radical (unpaired) electrons. The molecule has 0 bridgehead atoms. The maximum Gasteiger partial charge on any atom is 0.249 e. The number of nitrogens with zero attached hydrogens (tertiary/aromatic N) is 2. The topological polar surface area (TPSA) is 67.6 Å². The summed E-state index contributed by atoms with van der Waals surface area (Å²) in [6.07, 6.45) is 5.37. The summed E-state index contributed by atoms with van der Waals surface area (Å²) in [5, 5.41) is 7.19. The number of hydrogen-bond donors (Lipinski definition) is 1. The number of likely N-dealkylation sites (tertiary alicyclic amines) is 1. The fourth-order valence-electron chi connectivity index (χ4n) is 3.88. The molecule has 2 saturated heterocycles. The van der Waals surface area contributed by atoms with Crippen LogP contribution in [0.2, 0.25) is 0 Å². The van der Waals surface area contributed by atoms with Crippen LogP contribution < -0.4 is 5.32 Å². The molecular formula is C17H25N3O3. The van der Waals surface area contributed by atoms with E-state index in [-0.39, 0.29) is 18.1 Å². The quantitative estimate of drug-likeness (QED) is 0.913. The van der Waals surface area contributed by atoms with Crippen molar-refractivity contribution >= 4 is 5.91 Å². The summed E-state index contributed by atoms with van der Waals surface area (Å²) in [4.78, 5) is 14.6. The maximum atomic E-state index is 12.3. The van der Waals surface area contributed by atoms with Gasteiger partial charge in [-0.15, -0.1) is 0 Å². The van der Waals surface area contributed by atoms with Crippen LogP contribution in [0.15, 0.2) is 10.6 Å². The van der Waals surface area contributed by atoms with Crippen molar-refractivity contribution in [3.05, 3.63) is 17.5 Å². The van der Waals surface area contributed by atoms with Gasteiger partial charge >= 0.3 is 0 Å². The fourth-order valence-corrected chi connectivity index (χ4v) is 3.88. The maximum absolute atomic E-state index is 12.3. The molecule has 1 aromatic rings. The van der Waals surface area contributed by atoms with Crippen molar-refractivity contribution in [2.45, 2.75) is 63.8 Å². The van der Waals surface area contributed by atoms with Crippen molar-refractivity contribution in [1.82, 2.24) is 15.4 Å². The van der Waals surface area contributed by atoms with E-state index in [4.69, 9.17) is 9.26 Å². The van der Waals surface area contributed by atoms with Gasteiger partial charge in [-0.05, 0) is 51.5 Å². The molecular weight excluding hydrogens is 294 g/mol. The van der Waals surface area contributed by atoms with E-state index in [9.17, 15) is 4.79 Å². The number of carbonyl (C=O) groups excluding carboxylic acids is 1. The predicted molar refractivity (Wildman–Crippen MR) is 83.7 cm³/mol. The second-order valence-electron chi connectivity index (χ2n) is 7.25. The third-order valence-electron chi connectivity index (χ3n) is 5.44. The number of piperidine rings is 1. The Balaban J connectivity index is 1.30. The van der Waals surface area contributed by atoms with Crippen LogP contribution in [0.4, 0.5) is 0 Å². The number of hydrogen-bond acceptors (Lipinski definition) is 5. The molecule has 1 aromatic heterocycles. The van der Waals surface area contributed by atoms with Gasteiger partial charge in [0.15, 0.2) is 0 Å². The Hall–Kier alpha value is -1.40. The zero-order valence-corrected chi connectivity index (χ0v) is 13.7. The van der Waals surface area contributed by atoms with Gasteiger partial charge < -0.3 is 14.6 Å². The van der Waals surface area contributed by atoms with Crippen molar-refractivity contribution in [2.75, 3.05) is 13.1 Å². The lowest BCUT2D eigenvalue weighted by atomic mass is 9.90. The second kappa shape index (κ2) is 6.24. The number of fused-ring (bicyclic) bond motifs is 1. The van der Waals surface area contributed by atoms with Crippen molar-refractivity contribution in [2.24, 2.45) is 5.92 Å². The summed E-state index contributed by atoms with van der Waals surface area (Å²) in [6, 6.07) is 2.37. The summed E-state index contributed by atoms with van der Waals surface area (Å²) in [5.74, 6) is 1.46. The molecule has 1 saturated carbocycles. The zero-order valence-electron chi connectivity index (χ0n) is 13.7. The van der Waals surface area contributed by atoms with Crippen LogP contribution in [0.25, 0.3) is 0 Å². The highest BCUT2D eigenvalue weighted by molar-refractivity contribution is 5.81. The Morgan fingerprint density at radius 1 is 1.43 bits per heavy atom. The minimum Gasteiger partial charge on any atom is -0.364 e. The number of aromatic nitrogens is 1. The molecule has 3 heterocycles. The number of nitrogens with one attached hydrogen (secondary N) is 1. The molecule has 0 unspecified atom stereocenters. The Labute approximate surface area is 136 Å². The van der Waals surface area contributed by atoms with Gasteiger partial charge in [-0.3, -0.25) is 9.69 Å². The second-order valence-corrected chi connectivity index (χ2v) is 7.25. The van der Waals surface area contributed by atoms with E-state index in [1.54, 1.807) is 0 Å². The molecule has 0 aromatic carbocycles. The van der Waals surface area contributed by atoms with Crippen LogP contribution in [0.5, 0.6) is 0 Å². The molecule has 4 rings (SSSR count). The van der Waals surface area contributed by atoms with E-state index >= 15 is 0 Å². The highest BCUT2D eigenvalue weighted by Crippen LogP contribution is 2.34. The molecule has 126 valence electrons. The monoisotopic (exact) mass is 319 g/mol. The molecule has 1 N–H and O–H groups in total. The molecule has 3 fully saturated rings. The first-order valence-electron chi connectivity index (χ1n) is 8.78. The van der Waals surface area contributed by atoms with Gasteiger partial charge in [0.05, 0.1) is 11.8 Å². The normalized spacial score (nSPS) is 31.6. The third-order valence-corrected chi connectivity index (χ3v) is 5.44. The lowest BCUT2D eigenvalue weighted by Gasteiger charge is -2.33. The van der Waals surface area contributed by atoms with Crippen molar-refractivity contribution in [3.63, 3.8) is 0 Å². The van der Waals surface area contributed by atoms with Gasteiger partial charge in [0.25, 0.3) is 0 Å². The van der Waals surface area contributed by atoms with E-state index in [0.717, 1.165) is 56.8 Å². The van der Waals surface area contributed by atoms with E-state index in [1.165, 1.54) is 6.42 Å². The summed E-state index contributed by atoms with van der Waals surface area (Å²) >= 11 is 0. The number of carbonyl (C=O) groups is 1. The number of amides is 1. The number of rotatable bonds is 4. The van der Waals surface area contributed by atoms with Crippen LogP contribution in [-0.4, -0.2) is 47.3 Å². The average molecular weight is 319 g/mol. The van der Waals surface area contributed by atoms with Gasteiger partial charge in [0, 0.05) is 25.2 Å². The van der Waals surface area contributed by atoms with Crippen LogP contribution in [-0.2, 0) is 16.1 Å². The van der Waals surface area contributed by atoms with E-state index in [2.05, 4.69) is 15.4 Å². The first kappa shape index (κ1) is 15.1. The molecule has 1 aliphatic carbocycles. The molecule has 2 aliphatic heterocycles. The van der Waals surface area contributed by atoms with Gasteiger partial charge in [-0.1, -0.05) is 5.16 Å². The van der Waals surface area contributed by atoms with Crippen LogP contribution in [0, 0.1) is 12.8 Å². The average Bonchev–Trinajstić information content (AvgIpc) is 3.08. The minimum atomic E-state index is -0.250. The standard InChI is InChI=1S/C17H25N3O3/c1-11-7-14(19-23-11)9-20-6-5-12-8-15(22-16(12)10-20)17(21)18-13-3-2-4-13/h7,12-13,15-16H,2-6,8-10H2,1H3,(H,18,21)/t12-,15+,16+/m0/s1. The molecule has 6 heteroatoms. The van der Waals surface area contributed by atoms with Gasteiger partial charge in [0.2, 0.25) is 5.91 Å². The minimum absolute atomic E-state index is 0.0998. The predicted octanol–water partition coefficient (Wildman–Crippen LogP) is 1.63. The van der Waals surface area contributed by atoms with Crippen LogP contribution in [0.3, 0.4) is 0 Å². The van der Waals surface area contributed by atoms with Crippen molar-refractivity contribution < 1.29 is 14.1 Å². The van der Waals surface area contributed by atoms with E-state index in [0.29, 0.717) is 12.0 Å². The molecule has 3 atom stereocenters. The Bertz CT molecular complexity index is 569. The fraction of sp³-hybridized carbons (Fsp3) is 0.765. The molecule has 23 heavy (non-hydrogen) atoms. The first-order chi connectivity index (χ1) is 11.2. The number of ether oxygens (including phenoxy) is 1. The first-order valence-corrected chi connectivity index (χ1v) is 8.78. The number of aryl methyl sites for hydroxylation is 1. The highest BCUT2D eigenvalue weighted by Gasteiger charge is 2.42. The van der Waals surface area contributed by atoms with E-state index in [1.807, 2.05) is 13.0 Å². The smallest absolute Gasteiger partial charge is 0.249 e. The Morgan fingerprint density at radius 2 is 2.30 bits per heavy atom. The lowest BCUT2D eigenvalue weighted by molar-refractivity contribution is -0.134. The molecule has 3 aliphatic rings. The molecule has 0 spiro atoms. The van der Waals surface area contributed by atoms with E-state index < -0.39 is 0 Å². The summed E-state index contributed by atoms with van der Waals surface area (Å²) in [7, 11) is 0. The third kappa shape index (κ3) is 3.28. The summed E-state index contributed by atoms with van der Waals surface area (Å²) in [5.41, 5.74) is 0.971. The van der Waals surface area contributed by atoms with Crippen molar-refractivity contribution in [1.29, 1.82) is 0 Å². The summed E-state index contributed by atoms with van der Waals surface area (Å²) < 4.78 is 11.2. The highest BCUT2D eigenvalue weighted by atomic mass is 16.5. The molecule has 6 nitrogen and oxygen atoms in total. The Kier molecular flexibility index (Phi) is 4.11.